The molecular formula is C9H16BrNO. The van der Waals surface area contributed by atoms with Crippen LogP contribution in [-0.2, 0) is 4.79 Å². The van der Waals surface area contributed by atoms with E-state index in [0.29, 0.717) is 11.9 Å². The maximum absolute atomic E-state index is 11.6. The highest BCUT2D eigenvalue weighted by Crippen LogP contribution is 2.20. The van der Waals surface area contributed by atoms with Gasteiger partial charge in [-0.15, -0.1) is 0 Å². The Morgan fingerprint density at radius 1 is 1.67 bits per heavy atom. The molecular weight excluding hydrogens is 218 g/mol. The van der Waals surface area contributed by atoms with Crippen LogP contribution in [0.3, 0.4) is 0 Å². The molecule has 0 saturated carbocycles. The quantitative estimate of drug-likeness (QED) is 0.669. The number of hydrogen-bond donors (Lipinski definition) is 0. The van der Waals surface area contributed by atoms with E-state index in [1.807, 2.05) is 18.7 Å². The molecule has 3 heteroatoms. The van der Waals surface area contributed by atoms with Gasteiger partial charge in [-0.2, -0.15) is 0 Å². The largest absolute Gasteiger partial charge is 0.339 e. The molecule has 0 unspecified atom stereocenters. The summed E-state index contributed by atoms with van der Waals surface area (Å²) in [6, 6.07) is 0.444. The zero-order valence-electron chi connectivity index (χ0n) is 7.72. The molecule has 0 aromatic carbocycles. The molecule has 2 nitrogen and oxygen atoms in total. The highest BCUT2D eigenvalue weighted by Gasteiger charge is 2.28. The molecule has 0 spiro atoms. The number of amides is 1. The van der Waals surface area contributed by atoms with Crippen molar-refractivity contribution in [2.24, 2.45) is 5.92 Å². The lowest BCUT2D eigenvalue weighted by Gasteiger charge is -2.24. The van der Waals surface area contributed by atoms with Crippen molar-refractivity contribution >= 4 is 21.8 Å². The molecule has 12 heavy (non-hydrogen) atoms. The summed E-state index contributed by atoms with van der Waals surface area (Å²) in [7, 11) is 0. The highest BCUT2D eigenvalue weighted by molar-refractivity contribution is 9.09. The minimum absolute atomic E-state index is 0.143. The molecule has 1 atom stereocenters. The number of halogens is 1. The summed E-state index contributed by atoms with van der Waals surface area (Å²) in [5.74, 6) is 0.446. The van der Waals surface area contributed by atoms with Crippen LogP contribution < -0.4 is 0 Å². The van der Waals surface area contributed by atoms with Gasteiger partial charge in [0.1, 0.15) is 0 Å². The molecule has 0 aromatic heterocycles. The van der Waals surface area contributed by atoms with Gasteiger partial charge in [0.05, 0.1) is 0 Å². The molecule has 1 heterocycles. The molecule has 1 fully saturated rings. The molecule has 1 saturated heterocycles. The van der Waals surface area contributed by atoms with Crippen molar-refractivity contribution in [3.8, 4) is 0 Å². The standard InChI is InChI=1S/C9H16BrNO/c1-7(2)9(12)11-5-3-4-8(11)6-10/h7-8H,3-6H2,1-2H3/t8-/m0/s1. The predicted molar refractivity (Wildman–Crippen MR) is 53.4 cm³/mol. The summed E-state index contributed by atoms with van der Waals surface area (Å²) in [5.41, 5.74) is 0. The van der Waals surface area contributed by atoms with Gasteiger partial charge in [-0.3, -0.25) is 4.79 Å². The van der Waals surface area contributed by atoms with Crippen molar-refractivity contribution < 1.29 is 4.79 Å². The van der Waals surface area contributed by atoms with Gasteiger partial charge < -0.3 is 4.90 Å². The maximum Gasteiger partial charge on any atom is 0.225 e. The third-order valence-electron chi connectivity index (χ3n) is 2.33. The van der Waals surface area contributed by atoms with Crippen LogP contribution in [0, 0.1) is 5.92 Å². The fraction of sp³-hybridized carbons (Fsp3) is 0.889. The van der Waals surface area contributed by atoms with E-state index in [1.54, 1.807) is 0 Å². The van der Waals surface area contributed by atoms with Crippen LogP contribution in [0.25, 0.3) is 0 Å². The first-order chi connectivity index (χ1) is 5.66. The fourth-order valence-electron chi connectivity index (χ4n) is 1.62. The number of alkyl halides is 1. The van der Waals surface area contributed by atoms with Crippen molar-refractivity contribution in [1.82, 2.24) is 4.90 Å². The topological polar surface area (TPSA) is 20.3 Å². The van der Waals surface area contributed by atoms with E-state index in [2.05, 4.69) is 15.9 Å². The second-order valence-corrected chi connectivity index (χ2v) is 4.28. The second-order valence-electron chi connectivity index (χ2n) is 3.64. The first-order valence-corrected chi connectivity index (χ1v) is 5.65. The van der Waals surface area contributed by atoms with Gasteiger partial charge in [-0.05, 0) is 12.8 Å². The first kappa shape index (κ1) is 10.0. The number of hydrogen-bond acceptors (Lipinski definition) is 1. The van der Waals surface area contributed by atoms with Gasteiger partial charge in [0.15, 0.2) is 0 Å². The van der Waals surface area contributed by atoms with E-state index in [-0.39, 0.29) is 5.92 Å². The average Bonchev–Trinajstić information content (AvgIpc) is 2.49. The summed E-state index contributed by atoms with van der Waals surface area (Å²) in [4.78, 5) is 13.6. The summed E-state index contributed by atoms with van der Waals surface area (Å²) in [6.45, 7) is 4.88. The molecule has 1 aliphatic heterocycles. The molecule has 70 valence electrons. The van der Waals surface area contributed by atoms with E-state index in [4.69, 9.17) is 0 Å². The number of rotatable bonds is 2. The SMILES string of the molecule is CC(C)C(=O)N1CCC[C@H]1CBr. The number of nitrogens with zero attached hydrogens (tertiary/aromatic N) is 1. The molecule has 1 aliphatic rings. The highest BCUT2D eigenvalue weighted by atomic mass is 79.9. The van der Waals surface area contributed by atoms with Gasteiger partial charge in [0, 0.05) is 23.8 Å². The number of carbonyl (C=O) groups is 1. The van der Waals surface area contributed by atoms with Crippen LogP contribution in [-0.4, -0.2) is 28.7 Å². The lowest BCUT2D eigenvalue weighted by Crippen LogP contribution is -2.38. The van der Waals surface area contributed by atoms with E-state index < -0.39 is 0 Å². The van der Waals surface area contributed by atoms with Gasteiger partial charge >= 0.3 is 0 Å². The Morgan fingerprint density at radius 3 is 2.83 bits per heavy atom. The van der Waals surface area contributed by atoms with Gasteiger partial charge in [0.25, 0.3) is 0 Å². The maximum atomic E-state index is 11.6. The minimum atomic E-state index is 0.143. The minimum Gasteiger partial charge on any atom is -0.339 e. The Bertz CT molecular complexity index is 170. The Kier molecular flexibility index (Phi) is 3.56. The van der Waals surface area contributed by atoms with Crippen LogP contribution in [0.4, 0.5) is 0 Å². The zero-order valence-corrected chi connectivity index (χ0v) is 9.30. The predicted octanol–water partition coefficient (Wildman–Crippen LogP) is 2.03. The molecule has 1 amide bonds. The second kappa shape index (κ2) is 4.26. The lowest BCUT2D eigenvalue weighted by atomic mass is 10.2. The summed E-state index contributed by atoms with van der Waals surface area (Å²) in [6.07, 6.45) is 2.32. The number of carbonyl (C=O) groups excluding carboxylic acids is 1. The van der Waals surface area contributed by atoms with Crippen molar-refractivity contribution in [2.45, 2.75) is 32.7 Å². The lowest BCUT2D eigenvalue weighted by molar-refractivity contribution is -0.134. The van der Waals surface area contributed by atoms with Crippen LogP contribution in [0.5, 0.6) is 0 Å². The Morgan fingerprint density at radius 2 is 2.33 bits per heavy atom. The smallest absolute Gasteiger partial charge is 0.225 e. The average molecular weight is 234 g/mol. The molecule has 0 N–H and O–H groups in total. The van der Waals surface area contributed by atoms with Crippen LogP contribution >= 0.6 is 15.9 Å². The third-order valence-corrected chi connectivity index (χ3v) is 3.08. The third kappa shape index (κ3) is 2.00. The normalized spacial score (nSPS) is 23.7. The van der Waals surface area contributed by atoms with Crippen molar-refractivity contribution in [2.75, 3.05) is 11.9 Å². The Labute approximate surface area is 82.4 Å². The molecule has 1 rings (SSSR count). The van der Waals surface area contributed by atoms with Crippen molar-refractivity contribution in [3.63, 3.8) is 0 Å². The summed E-state index contributed by atoms with van der Waals surface area (Å²) in [5, 5.41) is 0.922. The van der Waals surface area contributed by atoms with Crippen LogP contribution in [0.2, 0.25) is 0 Å². The van der Waals surface area contributed by atoms with E-state index in [9.17, 15) is 4.79 Å². The van der Waals surface area contributed by atoms with E-state index in [1.165, 1.54) is 0 Å². The van der Waals surface area contributed by atoms with Gasteiger partial charge in [0.2, 0.25) is 5.91 Å². The molecule has 0 aromatic rings. The summed E-state index contributed by atoms with van der Waals surface area (Å²) < 4.78 is 0. The van der Waals surface area contributed by atoms with E-state index in [0.717, 1.165) is 24.7 Å². The molecule has 0 bridgehead atoms. The van der Waals surface area contributed by atoms with Crippen molar-refractivity contribution in [1.29, 1.82) is 0 Å². The van der Waals surface area contributed by atoms with E-state index >= 15 is 0 Å². The Hall–Kier alpha value is -0.0500. The first-order valence-electron chi connectivity index (χ1n) is 4.53. The molecule has 0 aliphatic carbocycles. The van der Waals surface area contributed by atoms with Crippen molar-refractivity contribution in [3.05, 3.63) is 0 Å². The van der Waals surface area contributed by atoms with Crippen LogP contribution in [0.15, 0.2) is 0 Å². The van der Waals surface area contributed by atoms with Crippen LogP contribution in [0.1, 0.15) is 26.7 Å². The Balaban J connectivity index is 2.55. The van der Waals surface area contributed by atoms with Gasteiger partial charge in [-0.1, -0.05) is 29.8 Å². The zero-order chi connectivity index (χ0) is 9.14. The summed E-state index contributed by atoms with van der Waals surface area (Å²) >= 11 is 3.44. The van der Waals surface area contributed by atoms with Gasteiger partial charge in [-0.25, -0.2) is 0 Å². The monoisotopic (exact) mass is 233 g/mol. The molecule has 0 radical (unpaired) electrons. The number of likely N-dealkylation sites (tertiary alicyclic amines) is 1. The fourth-order valence-corrected chi connectivity index (χ4v) is 2.29.